The number of halogens is 1. The second-order valence-corrected chi connectivity index (χ2v) is 7.70. The first-order chi connectivity index (χ1) is 10.8. The van der Waals surface area contributed by atoms with E-state index in [0.717, 1.165) is 22.2 Å². The van der Waals surface area contributed by atoms with Gasteiger partial charge in [0.05, 0.1) is 6.61 Å². The third kappa shape index (κ3) is 5.39. The van der Waals surface area contributed by atoms with Crippen molar-refractivity contribution < 1.29 is 19.4 Å². The second-order valence-electron chi connectivity index (χ2n) is 6.79. The number of rotatable bonds is 5. The fourth-order valence-electron chi connectivity index (χ4n) is 2.55. The van der Waals surface area contributed by atoms with Crippen molar-refractivity contribution >= 4 is 22.0 Å². The monoisotopic (exact) mass is 385 g/mol. The molecule has 6 heteroatoms. The van der Waals surface area contributed by atoms with Crippen LogP contribution >= 0.6 is 15.9 Å². The van der Waals surface area contributed by atoms with E-state index in [0.29, 0.717) is 19.6 Å². The minimum absolute atomic E-state index is 0.0168. The lowest BCUT2D eigenvalue weighted by atomic mass is 9.97. The number of nitrogens with one attached hydrogen (secondary N) is 1. The number of fused-ring (bicyclic) bond motifs is 1. The van der Waals surface area contributed by atoms with Gasteiger partial charge >= 0.3 is 6.09 Å². The van der Waals surface area contributed by atoms with Gasteiger partial charge in [-0.25, -0.2) is 4.79 Å². The molecular weight excluding hydrogens is 362 g/mol. The Balaban J connectivity index is 1.97. The van der Waals surface area contributed by atoms with Crippen LogP contribution in [0.5, 0.6) is 5.75 Å². The lowest BCUT2D eigenvalue weighted by Gasteiger charge is -2.21. The molecule has 2 N–H and O–H groups in total. The van der Waals surface area contributed by atoms with Crippen molar-refractivity contribution in [3.8, 4) is 5.75 Å². The van der Waals surface area contributed by atoms with Crippen LogP contribution in [0.4, 0.5) is 4.79 Å². The van der Waals surface area contributed by atoms with Crippen LogP contribution in [-0.2, 0) is 17.6 Å². The van der Waals surface area contributed by atoms with Crippen molar-refractivity contribution in [2.24, 2.45) is 5.92 Å². The van der Waals surface area contributed by atoms with Gasteiger partial charge in [-0.05, 0) is 50.5 Å². The van der Waals surface area contributed by atoms with Gasteiger partial charge in [-0.2, -0.15) is 0 Å². The Morgan fingerprint density at radius 3 is 2.87 bits per heavy atom. The van der Waals surface area contributed by atoms with Crippen LogP contribution in [0.3, 0.4) is 0 Å². The number of aliphatic hydroxyl groups excluding tert-OH is 1. The number of carbonyl (C=O) groups excluding carboxylic acids is 1. The lowest BCUT2D eigenvalue weighted by Crippen LogP contribution is -2.36. The van der Waals surface area contributed by atoms with Crippen molar-refractivity contribution in [1.82, 2.24) is 5.32 Å². The highest BCUT2D eigenvalue weighted by Crippen LogP contribution is 2.34. The molecule has 0 aliphatic carbocycles. The van der Waals surface area contributed by atoms with Crippen molar-refractivity contribution in [1.29, 1.82) is 0 Å². The van der Waals surface area contributed by atoms with Crippen LogP contribution in [0, 0.1) is 5.92 Å². The zero-order chi connectivity index (χ0) is 17.0. The minimum atomic E-state index is -0.530. The van der Waals surface area contributed by atoms with E-state index in [1.807, 2.05) is 26.8 Å². The van der Waals surface area contributed by atoms with Crippen LogP contribution in [0.25, 0.3) is 0 Å². The first kappa shape index (κ1) is 18.1. The summed E-state index contributed by atoms with van der Waals surface area (Å²) in [7, 11) is 0. The smallest absolute Gasteiger partial charge is 0.407 e. The number of aliphatic hydroxyl groups is 1. The largest absolute Gasteiger partial charge is 0.493 e. The van der Waals surface area contributed by atoms with E-state index >= 15 is 0 Å². The zero-order valence-electron chi connectivity index (χ0n) is 13.8. The number of benzene rings is 1. The van der Waals surface area contributed by atoms with E-state index < -0.39 is 11.7 Å². The van der Waals surface area contributed by atoms with E-state index in [9.17, 15) is 9.90 Å². The number of hydrogen-bond acceptors (Lipinski definition) is 4. The van der Waals surface area contributed by atoms with Crippen molar-refractivity contribution in [3.05, 3.63) is 27.7 Å². The molecule has 0 bridgehead atoms. The van der Waals surface area contributed by atoms with Crippen LogP contribution in [0.1, 0.15) is 31.9 Å². The molecule has 0 aromatic heterocycles. The number of hydrogen-bond donors (Lipinski definition) is 2. The molecule has 0 saturated carbocycles. The van der Waals surface area contributed by atoms with Crippen LogP contribution in [0.15, 0.2) is 16.6 Å². The Morgan fingerprint density at radius 1 is 1.48 bits per heavy atom. The van der Waals surface area contributed by atoms with Crippen molar-refractivity contribution in [3.63, 3.8) is 0 Å². The first-order valence-corrected chi connectivity index (χ1v) is 8.59. The molecule has 0 radical (unpaired) electrons. The summed E-state index contributed by atoms with van der Waals surface area (Å²) in [6, 6.07) is 4.08. The van der Waals surface area contributed by atoms with Gasteiger partial charge in [0.15, 0.2) is 0 Å². The fourth-order valence-corrected chi connectivity index (χ4v) is 3.10. The molecule has 0 fully saturated rings. The Kier molecular flexibility index (Phi) is 5.92. The molecule has 23 heavy (non-hydrogen) atoms. The molecule has 1 aromatic carbocycles. The van der Waals surface area contributed by atoms with E-state index in [-0.39, 0.29) is 12.5 Å². The maximum Gasteiger partial charge on any atom is 0.407 e. The topological polar surface area (TPSA) is 67.8 Å². The summed E-state index contributed by atoms with van der Waals surface area (Å²) in [4.78, 5) is 11.7. The summed E-state index contributed by atoms with van der Waals surface area (Å²) < 4.78 is 11.9. The lowest BCUT2D eigenvalue weighted by molar-refractivity contribution is 0.0512. The van der Waals surface area contributed by atoms with Crippen LogP contribution in [0.2, 0.25) is 0 Å². The van der Waals surface area contributed by atoms with E-state index in [2.05, 4.69) is 27.3 Å². The van der Waals surface area contributed by atoms with E-state index in [4.69, 9.17) is 9.47 Å². The summed E-state index contributed by atoms with van der Waals surface area (Å²) >= 11 is 3.52. The predicted octanol–water partition coefficient (Wildman–Crippen LogP) is 3.06. The minimum Gasteiger partial charge on any atom is -0.493 e. The van der Waals surface area contributed by atoms with Crippen molar-refractivity contribution in [2.45, 2.75) is 39.2 Å². The molecule has 1 atom stereocenters. The highest BCUT2D eigenvalue weighted by molar-refractivity contribution is 9.10. The highest BCUT2D eigenvalue weighted by atomic mass is 79.9. The Bertz CT molecular complexity index is 568. The molecule has 1 aromatic rings. The SMILES string of the molecule is CC(C)(C)OC(=O)NCC(CO)Cc1cc(Br)cc2c1OCC2. The standard InChI is InChI=1S/C17H24BrNO4/c1-17(2,3)23-16(21)19-9-11(10-20)6-13-8-14(18)7-12-4-5-22-15(12)13/h7-8,11,20H,4-6,9-10H2,1-3H3,(H,19,21). The van der Waals surface area contributed by atoms with Gasteiger partial charge in [-0.15, -0.1) is 0 Å². The van der Waals surface area contributed by atoms with Gasteiger partial charge < -0.3 is 19.9 Å². The maximum atomic E-state index is 11.7. The zero-order valence-corrected chi connectivity index (χ0v) is 15.4. The summed E-state index contributed by atoms with van der Waals surface area (Å²) in [5.74, 6) is 0.828. The summed E-state index contributed by atoms with van der Waals surface area (Å²) in [5, 5.41) is 12.3. The van der Waals surface area contributed by atoms with Gasteiger partial charge in [0.1, 0.15) is 11.4 Å². The predicted molar refractivity (Wildman–Crippen MR) is 91.9 cm³/mol. The number of carbonyl (C=O) groups is 1. The number of alkyl carbamates (subject to hydrolysis) is 1. The molecule has 0 saturated heterocycles. The maximum absolute atomic E-state index is 11.7. The Labute approximate surface area is 145 Å². The molecule has 1 aliphatic heterocycles. The van der Waals surface area contributed by atoms with Gasteiger partial charge in [0, 0.05) is 30.0 Å². The molecule has 0 spiro atoms. The van der Waals surface area contributed by atoms with E-state index in [1.54, 1.807) is 0 Å². The molecule has 1 unspecified atom stereocenters. The molecule has 1 heterocycles. The molecule has 128 valence electrons. The summed E-state index contributed by atoms with van der Waals surface area (Å²) in [6.07, 6.45) is 1.07. The van der Waals surface area contributed by atoms with Gasteiger partial charge in [-0.1, -0.05) is 15.9 Å². The molecule has 2 rings (SSSR count). The first-order valence-electron chi connectivity index (χ1n) is 7.80. The second kappa shape index (κ2) is 7.53. The quantitative estimate of drug-likeness (QED) is 0.816. The third-order valence-corrected chi connectivity index (χ3v) is 3.98. The summed E-state index contributed by atoms with van der Waals surface area (Å²) in [6.45, 7) is 6.48. The average molecular weight is 386 g/mol. The van der Waals surface area contributed by atoms with Gasteiger partial charge in [0.25, 0.3) is 0 Å². The average Bonchev–Trinajstić information content (AvgIpc) is 2.89. The number of ether oxygens (including phenoxy) is 2. The van der Waals surface area contributed by atoms with E-state index in [1.165, 1.54) is 5.56 Å². The van der Waals surface area contributed by atoms with Crippen LogP contribution < -0.4 is 10.1 Å². The number of amides is 1. The summed E-state index contributed by atoms with van der Waals surface area (Å²) in [5.41, 5.74) is 1.71. The third-order valence-electron chi connectivity index (χ3n) is 3.53. The normalized spacial score (nSPS) is 14.8. The molecular formula is C17H24BrNO4. The Morgan fingerprint density at radius 2 is 2.22 bits per heavy atom. The highest BCUT2D eigenvalue weighted by Gasteiger charge is 2.21. The van der Waals surface area contributed by atoms with Gasteiger partial charge in [-0.3, -0.25) is 0 Å². The van der Waals surface area contributed by atoms with Crippen LogP contribution in [-0.4, -0.2) is 36.6 Å². The molecule has 5 nitrogen and oxygen atoms in total. The van der Waals surface area contributed by atoms with Gasteiger partial charge in [0.2, 0.25) is 0 Å². The Hall–Kier alpha value is -1.27. The van der Waals surface area contributed by atoms with Crippen molar-refractivity contribution in [2.75, 3.05) is 19.8 Å². The molecule has 1 amide bonds. The fraction of sp³-hybridized carbons (Fsp3) is 0.588. The molecule has 1 aliphatic rings.